The van der Waals surface area contributed by atoms with Crippen molar-refractivity contribution < 1.29 is 37.7 Å². The summed E-state index contributed by atoms with van der Waals surface area (Å²) >= 11 is 0. The Morgan fingerprint density at radius 2 is 1.40 bits per heavy atom. The summed E-state index contributed by atoms with van der Waals surface area (Å²) < 4.78 is 37.6. The Balaban J connectivity index is 0.00000143. The fourth-order valence-electron chi connectivity index (χ4n) is 3.13. The average molecular weight is 507 g/mol. The monoisotopic (exact) mass is 506 g/mol. The molecule has 7 nitrogen and oxygen atoms in total. The number of nitrogens with two attached hydrogens (primary N) is 1. The van der Waals surface area contributed by atoms with E-state index in [1.165, 1.54) is 70.6 Å². The Morgan fingerprint density at radius 3 is 1.86 bits per heavy atom. The molecular weight excluding hydrogens is 465 g/mol. The zero-order valence-corrected chi connectivity index (χ0v) is 20.6. The molecule has 0 heterocycles. The number of anilines is 1. The number of rotatable bonds is 17. The highest BCUT2D eigenvalue weighted by Gasteiger charge is 2.38. The summed E-state index contributed by atoms with van der Waals surface area (Å²) in [6.45, 7) is 2.51. The minimum atomic E-state index is -5.08. The molecule has 10 heteroatoms. The van der Waals surface area contributed by atoms with E-state index in [1.807, 2.05) is 18.2 Å². The van der Waals surface area contributed by atoms with Gasteiger partial charge in [-0.15, -0.1) is 0 Å². The lowest BCUT2D eigenvalue weighted by atomic mass is 10.1. The molecule has 1 rings (SSSR count). The number of unbranched alkanes of at least 4 members (excludes halogenated alkanes) is 11. The van der Waals surface area contributed by atoms with E-state index in [9.17, 15) is 18.0 Å². The number of hydrogen-bond donors (Lipinski definition) is 4. The molecule has 1 aromatic carbocycles. The summed E-state index contributed by atoms with van der Waals surface area (Å²) in [5, 5.41) is 18.8. The molecule has 1 unspecified atom stereocenters. The van der Waals surface area contributed by atoms with Gasteiger partial charge in [0.25, 0.3) is 0 Å². The van der Waals surface area contributed by atoms with E-state index in [4.69, 9.17) is 25.5 Å². The normalized spacial score (nSPS) is 11.8. The highest BCUT2D eigenvalue weighted by Crippen LogP contribution is 2.24. The fourth-order valence-corrected chi connectivity index (χ4v) is 3.13. The van der Waals surface area contributed by atoms with Crippen molar-refractivity contribution in [2.24, 2.45) is 5.73 Å². The number of ether oxygens (including phenoxy) is 1. The highest BCUT2D eigenvalue weighted by molar-refractivity contribution is 5.96. The molecule has 0 saturated carbocycles. The number of amides is 1. The summed E-state index contributed by atoms with van der Waals surface area (Å²) in [5.74, 6) is -2.53. The predicted octanol–water partition coefficient (Wildman–Crippen LogP) is 5.66. The molecule has 0 saturated heterocycles. The molecule has 1 amide bonds. The minimum Gasteiger partial charge on any atom is -0.491 e. The molecule has 0 spiro atoms. The van der Waals surface area contributed by atoms with E-state index in [0.29, 0.717) is 18.0 Å². The molecule has 0 aromatic heterocycles. The van der Waals surface area contributed by atoms with Crippen molar-refractivity contribution >= 4 is 17.6 Å². The number of benzene rings is 1. The van der Waals surface area contributed by atoms with E-state index in [-0.39, 0.29) is 6.61 Å². The molecular formula is C25H41F3N2O5. The van der Waals surface area contributed by atoms with Gasteiger partial charge in [0.2, 0.25) is 5.91 Å². The number of hydrogen-bond acceptors (Lipinski definition) is 5. The van der Waals surface area contributed by atoms with Crippen molar-refractivity contribution in [3.8, 4) is 5.75 Å². The van der Waals surface area contributed by atoms with Gasteiger partial charge < -0.3 is 26.0 Å². The standard InChI is InChI=1S/C23H40N2O3.C2HF3O2/c1-2-3-4-5-6-7-8-9-10-11-12-15-18-28-22-17-14-13-16-21(22)25-23(27)20(24)19-26;3-2(4,5)1(6)7/h13-14,16-17,20,26H,2-12,15,18-19,24H2,1H3,(H,25,27);(H,6,7). The smallest absolute Gasteiger partial charge is 0.490 e. The summed E-state index contributed by atoms with van der Waals surface area (Å²) in [5.41, 5.74) is 6.13. The lowest BCUT2D eigenvalue weighted by Gasteiger charge is -2.14. The first kappa shape index (κ1) is 32.7. The number of carbonyl (C=O) groups is 2. The molecule has 5 N–H and O–H groups in total. The Bertz CT molecular complexity index is 702. The lowest BCUT2D eigenvalue weighted by Crippen LogP contribution is -2.38. The number of para-hydroxylation sites is 2. The van der Waals surface area contributed by atoms with Crippen molar-refractivity contribution in [3.05, 3.63) is 24.3 Å². The van der Waals surface area contributed by atoms with Crippen molar-refractivity contribution in [2.45, 2.75) is 96.2 Å². The Labute approximate surface area is 206 Å². The molecule has 0 radical (unpaired) electrons. The first-order chi connectivity index (χ1) is 16.6. The third kappa shape index (κ3) is 17.7. The zero-order chi connectivity index (χ0) is 26.5. The van der Waals surface area contributed by atoms with Crippen LogP contribution in [0.15, 0.2) is 24.3 Å². The fraction of sp³-hybridized carbons (Fsp3) is 0.680. The number of halogens is 3. The largest absolute Gasteiger partial charge is 0.491 e. The maximum atomic E-state index is 11.8. The second-order valence-corrected chi connectivity index (χ2v) is 8.31. The number of aliphatic hydroxyl groups is 1. The van der Waals surface area contributed by atoms with Crippen LogP contribution >= 0.6 is 0 Å². The van der Waals surface area contributed by atoms with Gasteiger partial charge in [0.15, 0.2) is 0 Å². The van der Waals surface area contributed by atoms with Gasteiger partial charge in [0, 0.05) is 0 Å². The van der Waals surface area contributed by atoms with Gasteiger partial charge in [-0.2, -0.15) is 13.2 Å². The third-order valence-electron chi connectivity index (χ3n) is 5.18. The van der Waals surface area contributed by atoms with Gasteiger partial charge in [0.1, 0.15) is 11.8 Å². The first-order valence-electron chi connectivity index (χ1n) is 12.3. The number of aliphatic hydroxyl groups excluding tert-OH is 1. The van der Waals surface area contributed by atoms with Gasteiger partial charge in [-0.25, -0.2) is 4.79 Å². The minimum absolute atomic E-state index is 0.381. The van der Waals surface area contributed by atoms with Crippen LogP contribution < -0.4 is 15.8 Å². The van der Waals surface area contributed by atoms with Gasteiger partial charge in [0.05, 0.1) is 18.9 Å². The number of nitrogens with one attached hydrogen (secondary N) is 1. The van der Waals surface area contributed by atoms with Crippen molar-refractivity contribution in [2.75, 3.05) is 18.5 Å². The molecule has 1 atom stereocenters. The van der Waals surface area contributed by atoms with Crippen LogP contribution in [0.1, 0.15) is 84.0 Å². The molecule has 0 aliphatic carbocycles. The van der Waals surface area contributed by atoms with Crippen LogP contribution in [0.4, 0.5) is 18.9 Å². The Kier molecular flexibility index (Phi) is 18.6. The third-order valence-corrected chi connectivity index (χ3v) is 5.18. The summed E-state index contributed by atoms with van der Waals surface area (Å²) in [6.07, 6.45) is 10.6. The molecule has 0 aliphatic rings. The molecule has 0 bridgehead atoms. The van der Waals surface area contributed by atoms with Gasteiger partial charge in [-0.05, 0) is 18.6 Å². The average Bonchev–Trinajstić information content (AvgIpc) is 2.82. The summed E-state index contributed by atoms with van der Waals surface area (Å²) in [4.78, 5) is 20.7. The molecule has 0 aliphatic heterocycles. The lowest BCUT2D eigenvalue weighted by molar-refractivity contribution is -0.192. The van der Waals surface area contributed by atoms with E-state index in [2.05, 4.69) is 12.2 Å². The van der Waals surface area contributed by atoms with Crippen molar-refractivity contribution in [3.63, 3.8) is 0 Å². The number of carboxylic acid groups (broad SMARTS) is 1. The van der Waals surface area contributed by atoms with Crippen LogP contribution in [0.25, 0.3) is 0 Å². The maximum Gasteiger partial charge on any atom is 0.490 e. The van der Waals surface area contributed by atoms with Crippen molar-refractivity contribution in [1.82, 2.24) is 0 Å². The van der Waals surface area contributed by atoms with Crippen LogP contribution in [0, 0.1) is 0 Å². The first-order valence-corrected chi connectivity index (χ1v) is 12.3. The van der Waals surface area contributed by atoms with E-state index < -0.39 is 24.1 Å². The molecule has 202 valence electrons. The topological polar surface area (TPSA) is 122 Å². The van der Waals surface area contributed by atoms with Crippen molar-refractivity contribution in [1.29, 1.82) is 0 Å². The predicted molar refractivity (Wildman–Crippen MR) is 130 cm³/mol. The van der Waals surface area contributed by atoms with Gasteiger partial charge in [-0.1, -0.05) is 89.7 Å². The zero-order valence-electron chi connectivity index (χ0n) is 20.6. The summed E-state index contributed by atoms with van der Waals surface area (Å²) in [7, 11) is 0. The SMILES string of the molecule is CCCCCCCCCCCCCCOc1ccccc1NC(=O)C(N)CO.O=C(O)C(F)(F)F. The number of alkyl halides is 3. The van der Waals surface area contributed by atoms with Crippen LogP contribution in [0.5, 0.6) is 5.75 Å². The maximum absolute atomic E-state index is 11.8. The summed E-state index contributed by atoms with van der Waals surface area (Å²) in [6, 6.07) is 6.39. The second kappa shape index (κ2) is 19.9. The Morgan fingerprint density at radius 1 is 0.943 bits per heavy atom. The second-order valence-electron chi connectivity index (χ2n) is 8.31. The number of carbonyl (C=O) groups excluding carboxylic acids is 1. The number of aliphatic carboxylic acids is 1. The Hall–Kier alpha value is -2.33. The van der Waals surface area contributed by atoms with Gasteiger partial charge in [-0.3, -0.25) is 4.79 Å². The van der Waals surface area contributed by atoms with Gasteiger partial charge >= 0.3 is 12.1 Å². The molecule has 1 aromatic rings. The van der Waals surface area contributed by atoms with Crippen LogP contribution in [-0.2, 0) is 9.59 Å². The highest BCUT2D eigenvalue weighted by atomic mass is 19.4. The van der Waals surface area contributed by atoms with Crippen LogP contribution in [-0.4, -0.2) is 47.5 Å². The number of carboxylic acids is 1. The molecule has 35 heavy (non-hydrogen) atoms. The van der Waals surface area contributed by atoms with E-state index >= 15 is 0 Å². The molecule has 0 fully saturated rings. The quantitative estimate of drug-likeness (QED) is 0.202. The van der Waals surface area contributed by atoms with E-state index in [0.717, 1.165) is 6.42 Å². The van der Waals surface area contributed by atoms with Crippen LogP contribution in [0.3, 0.4) is 0 Å². The van der Waals surface area contributed by atoms with E-state index in [1.54, 1.807) is 6.07 Å². The van der Waals surface area contributed by atoms with Crippen LogP contribution in [0.2, 0.25) is 0 Å².